The summed E-state index contributed by atoms with van der Waals surface area (Å²) >= 11 is 0. The van der Waals surface area contributed by atoms with E-state index in [2.05, 4.69) is 20.9 Å². The first kappa shape index (κ1) is 30.8. The first-order valence-corrected chi connectivity index (χ1v) is 12.2. The number of carbonyl (C=O) groups excluding carboxylic acids is 4. The molecule has 1 heterocycles. The van der Waals surface area contributed by atoms with Crippen molar-refractivity contribution in [3.05, 3.63) is 36.0 Å². The molecular formula is C25H34N6O8. The molecule has 0 saturated carbocycles. The van der Waals surface area contributed by atoms with Crippen molar-refractivity contribution in [1.82, 2.24) is 20.9 Å². The van der Waals surface area contributed by atoms with Crippen LogP contribution in [0.4, 0.5) is 0 Å². The van der Waals surface area contributed by atoms with Gasteiger partial charge in [-0.2, -0.15) is 0 Å². The molecule has 4 atom stereocenters. The molecule has 2 aromatic rings. The van der Waals surface area contributed by atoms with Gasteiger partial charge in [0.05, 0.1) is 18.9 Å². The lowest BCUT2D eigenvalue weighted by Gasteiger charge is -2.25. The zero-order chi connectivity index (χ0) is 29.3. The van der Waals surface area contributed by atoms with E-state index in [-0.39, 0.29) is 18.8 Å². The minimum atomic E-state index is -1.65. The van der Waals surface area contributed by atoms with Crippen molar-refractivity contribution >= 4 is 46.5 Å². The number of nitrogens with two attached hydrogens (primary N) is 2. The first-order chi connectivity index (χ1) is 18.3. The highest BCUT2D eigenvalue weighted by atomic mass is 16.4. The van der Waals surface area contributed by atoms with E-state index in [0.29, 0.717) is 5.56 Å². The number of carbonyl (C=O) groups is 6. The third kappa shape index (κ3) is 9.41. The molecule has 0 aliphatic carbocycles. The Morgan fingerprint density at radius 1 is 0.872 bits per heavy atom. The van der Waals surface area contributed by atoms with Crippen LogP contribution in [0.25, 0.3) is 10.9 Å². The monoisotopic (exact) mass is 546 g/mol. The molecule has 1 aromatic carbocycles. The number of carboxylic acids is 2. The van der Waals surface area contributed by atoms with E-state index >= 15 is 0 Å². The zero-order valence-electron chi connectivity index (χ0n) is 21.6. The number of hydrogen-bond donors (Lipinski definition) is 8. The number of benzene rings is 1. The minimum Gasteiger partial charge on any atom is -0.481 e. The predicted octanol–water partition coefficient (Wildman–Crippen LogP) is -1.03. The topological polar surface area (TPSA) is 247 Å². The largest absolute Gasteiger partial charge is 0.481 e. The van der Waals surface area contributed by atoms with Gasteiger partial charge in [-0.15, -0.1) is 0 Å². The number of aromatic amines is 1. The van der Waals surface area contributed by atoms with Crippen LogP contribution < -0.4 is 27.4 Å². The highest BCUT2D eigenvalue weighted by Crippen LogP contribution is 2.19. The highest BCUT2D eigenvalue weighted by Gasteiger charge is 2.32. The number of nitrogens with one attached hydrogen (secondary N) is 4. The van der Waals surface area contributed by atoms with Crippen LogP contribution in [0.15, 0.2) is 30.5 Å². The van der Waals surface area contributed by atoms with Crippen LogP contribution in [0.3, 0.4) is 0 Å². The summed E-state index contributed by atoms with van der Waals surface area (Å²) in [5, 5.41) is 26.8. The van der Waals surface area contributed by atoms with Crippen molar-refractivity contribution < 1.29 is 39.0 Å². The second kappa shape index (κ2) is 13.9. The van der Waals surface area contributed by atoms with Crippen molar-refractivity contribution in [1.29, 1.82) is 0 Å². The summed E-state index contributed by atoms with van der Waals surface area (Å²) in [5.41, 5.74) is 12.1. The van der Waals surface area contributed by atoms with Crippen molar-refractivity contribution in [3.8, 4) is 0 Å². The Balaban J connectivity index is 2.19. The minimum absolute atomic E-state index is 0.0978. The Kier molecular flexibility index (Phi) is 11.0. The van der Waals surface area contributed by atoms with Crippen molar-refractivity contribution in [2.24, 2.45) is 17.4 Å². The summed E-state index contributed by atoms with van der Waals surface area (Å²) < 4.78 is 0. The molecule has 2 rings (SSSR count). The van der Waals surface area contributed by atoms with Crippen LogP contribution in [-0.2, 0) is 35.2 Å². The lowest BCUT2D eigenvalue weighted by Crippen LogP contribution is -2.58. The van der Waals surface area contributed by atoms with Crippen LogP contribution >= 0.6 is 0 Å². The summed E-state index contributed by atoms with van der Waals surface area (Å²) in [6.45, 7) is 3.53. The Labute approximate surface area is 223 Å². The number of aliphatic carboxylic acids is 2. The van der Waals surface area contributed by atoms with Crippen LogP contribution in [0.5, 0.6) is 0 Å². The molecular weight excluding hydrogens is 512 g/mol. The van der Waals surface area contributed by atoms with Gasteiger partial charge in [0, 0.05) is 23.5 Å². The molecule has 0 bridgehead atoms. The van der Waals surface area contributed by atoms with E-state index in [4.69, 9.17) is 11.5 Å². The van der Waals surface area contributed by atoms with Gasteiger partial charge in [-0.25, -0.2) is 4.79 Å². The van der Waals surface area contributed by atoms with Crippen molar-refractivity contribution in [2.45, 2.75) is 63.7 Å². The molecule has 212 valence electrons. The number of para-hydroxylation sites is 1. The molecule has 4 amide bonds. The van der Waals surface area contributed by atoms with Gasteiger partial charge in [0.15, 0.2) is 0 Å². The predicted molar refractivity (Wildman–Crippen MR) is 139 cm³/mol. The van der Waals surface area contributed by atoms with Crippen molar-refractivity contribution in [3.63, 3.8) is 0 Å². The lowest BCUT2D eigenvalue weighted by molar-refractivity contribution is -0.143. The average Bonchev–Trinajstić information content (AvgIpc) is 3.24. The third-order valence-corrected chi connectivity index (χ3v) is 5.82. The van der Waals surface area contributed by atoms with E-state index < -0.39 is 72.6 Å². The van der Waals surface area contributed by atoms with Gasteiger partial charge in [0.1, 0.15) is 18.1 Å². The van der Waals surface area contributed by atoms with Gasteiger partial charge in [-0.1, -0.05) is 32.0 Å². The van der Waals surface area contributed by atoms with E-state index in [1.807, 2.05) is 0 Å². The maximum absolute atomic E-state index is 13.0. The third-order valence-electron chi connectivity index (χ3n) is 5.82. The summed E-state index contributed by atoms with van der Waals surface area (Å²) in [7, 11) is 0. The lowest BCUT2D eigenvalue weighted by atomic mass is 10.0. The van der Waals surface area contributed by atoms with Gasteiger partial charge < -0.3 is 42.6 Å². The number of H-pyrrole nitrogens is 1. The van der Waals surface area contributed by atoms with Gasteiger partial charge >= 0.3 is 11.9 Å². The van der Waals surface area contributed by atoms with Crippen LogP contribution in [-0.4, -0.2) is 74.9 Å². The van der Waals surface area contributed by atoms with Gasteiger partial charge in [0.2, 0.25) is 23.6 Å². The molecule has 4 unspecified atom stereocenters. The molecule has 0 aliphatic heterocycles. The zero-order valence-corrected chi connectivity index (χ0v) is 21.6. The van der Waals surface area contributed by atoms with E-state index in [9.17, 15) is 39.0 Å². The molecule has 14 nitrogen and oxygen atoms in total. The highest BCUT2D eigenvalue weighted by molar-refractivity contribution is 5.96. The summed E-state index contributed by atoms with van der Waals surface area (Å²) in [5.74, 6) is -6.46. The Hall–Kier alpha value is -4.46. The normalized spacial score (nSPS) is 14.2. The summed E-state index contributed by atoms with van der Waals surface area (Å²) in [4.78, 5) is 75.9. The Morgan fingerprint density at radius 2 is 1.46 bits per heavy atom. The molecule has 14 heteroatoms. The first-order valence-electron chi connectivity index (χ1n) is 12.2. The molecule has 0 fully saturated rings. The number of carboxylic acid groups (broad SMARTS) is 2. The molecule has 0 spiro atoms. The molecule has 10 N–H and O–H groups in total. The fourth-order valence-corrected chi connectivity index (χ4v) is 3.94. The van der Waals surface area contributed by atoms with Crippen molar-refractivity contribution in [2.75, 3.05) is 0 Å². The number of hydrogen-bond acceptors (Lipinski definition) is 7. The van der Waals surface area contributed by atoms with Gasteiger partial charge in [-0.05, 0) is 24.0 Å². The van der Waals surface area contributed by atoms with Gasteiger partial charge in [0.25, 0.3) is 0 Å². The molecule has 39 heavy (non-hydrogen) atoms. The average molecular weight is 547 g/mol. The van der Waals surface area contributed by atoms with E-state index in [1.165, 1.54) is 0 Å². The maximum atomic E-state index is 13.0. The smallest absolute Gasteiger partial charge is 0.326 e. The number of amides is 4. The van der Waals surface area contributed by atoms with E-state index in [1.54, 1.807) is 44.3 Å². The number of rotatable bonds is 15. The quantitative estimate of drug-likeness (QED) is 0.136. The Morgan fingerprint density at radius 3 is 2.05 bits per heavy atom. The molecule has 1 aromatic heterocycles. The SMILES string of the molecule is CC(C)CC(NC(=O)C(N)CC(N)=O)C(=O)NC(CC(=O)O)C(=O)NC(Cc1c[nH]c2ccccc12)C(=O)O. The second-order valence-corrected chi connectivity index (χ2v) is 9.59. The Bertz CT molecular complexity index is 1230. The van der Waals surface area contributed by atoms with Crippen LogP contribution in [0, 0.1) is 5.92 Å². The fourth-order valence-electron chi connectivity index (χ4n) is 3.94. The van der Waals surface area contributed by atoms with Crippen LogP contribution in [0.1, 0.15) is 38.7 Å². The number of primary amides is 1. The molecule has 0 radical (unpaired) electrons. The fraction of sp³-hybridized carbons (Fsp3) is 0.440. The van der Waals surface area contributed by atoms with E-state index in [0.717, 1.165) is 10.9 Å². The van der Waals surface area contributed by atoms with Crippen LogP contribution in [0.2, 0.25) is 0 Å². The second-order valence-electron chi connectivity index (χ2n) is 9.59. The maximum Gasteiger partial charge on any atom is 0.326 e. The number of fused-ring (bicyclic) bond motifs is 1. The summed E-state index contributed by atoms with van der Waals surface area (Å²) in [6.07, 6.45) is 0.300. The van der Waals surface area contributed by atoms with Gasteiger partial charge in [-0.3, -0.25) is 24.0 Å². The number of aromatic nitrogens is 1. The molecule has 0 saturated heterocycles. The molecule has 0 aliphatic rings. The summed E-state index contributed by atoms with van der Waals surface area (Å²) in [6, 6.07) is 1.56. The standard InChI is InChI=1S/C25H34N6O8/c1-12(2)7-17(29-22(35)15(26)9-20(27)32)23(36)30-18(10-21(33)34)24(37)31-19(25(38)39)8-13-11-28-16-6-4-3-5-14(13)16/h3-6,11-12,15,17-19,28H,7-10,26H2,1-2H3,(H2,27,32)(H,29,35)(H,30,36)(H,31,37)(H,33,34)(H,38,39).